The van der Waals surface area contributed by atoms with Crippen LogP contribution in [0.3, 0.4) is 0 Å². The lowest BCUT2D eigenvalue weighted by Gasteiger charge is -2.27. The summed E-state index contributed by atoms with van der Waals surface area (Å²) in [5, 5.41) is 19.7. The zero-order chi connectivity index (χ0) is 15.1. The van der Waals surface area contributed by atoms with Crippen molar-refractivity contribution in [3.05, 3.63) is 16.8 Å². The molecule has 1 aliphatic heterocycles. The fraction of sp³-hybridized carbons (Fsp3) is 0.545. The van der Waals surface area contributed by atoms with Gasteiger partial charge in [0.1, 0.15) is 18.5 Å². The van der Waals surface area contributed by atoms with E-state index in [1.165, 1.54) is 6.92 Å². The Morgan fingerprint density at radius 2 is 2.35 bits per heavy atom. The van der Waals surface area contributed by atoms with Crippen molar-refractivity contribution < 1.29 is 14.9 Å². The number of aliphatic hydroxyl groups is 2. The highest BCUT2D eigenvalue weighted by Gasteiger charge is 2.55. The first-order valence-corrected chi connectivity index (χ1v) is 5.80. The molecule has 108 valence electrons. The molecule has 0 radical (unpaired) electrons. The molecule has 1 fully saturated rings. The van der Waals surface area contributed by atoms with Gasteiger partial charge in [0.25, 0.3) is 0 Å². The lowest BCUT2D eigenvalue weighted by Crippen LogP contribution is -2.55. The summed E-state index contributed by atoms with van der Waals surface area (Å²) in [6.45, 7) is 1.41. The van der Waals surface area contributed by atoms with E-state index in [-0.39, 0.29) is 5.95 Å². The minimum atomic E-state index is -1.70. The number of anilines is 1. The van der Waals surface area contributed by atoms with E-state index in [1.54, 1.807) is 0 Å². The largest absolute Gasteiger partial charge is 0.391 e. The fourth-order valence-electron chi connectivity index (χ4n) is 2.10. The van der Waals surface area contributed by atoms with Crippen LogP contribution >= 0.6 is 0 Å². The maximum atomic E-state index is 11.8. The summed E-state index contributed by atoms with van der Waals surface area (Å²) in [6, 6.07) is 0. The van der Waals surface area contributed by atoms with Crippen LogP contribution in [-0.2, 0) is 4.74 Å². The number of aliphatic hydroxyl groups excluding tert-OH is 2. The summed E-state index contributed by atoms with van der Waals surface area (Å²) in [5.74, 6) is 2.00. The highest BCUT2D eigenvalue weighted by Crippen LogP contribution is 2.36. The molecule has 1 aromatic heterocycles. The SMILES string of the molecule is C#CC1(N)[C@@H](O)[C@@H]([C@H](C)O)O[C@H]1n1cnc(N)nc1=O. The fourth-order valence-corrected chi connectivity index (χ4v) is 2.10. The van der Waals surface area contributed by atoms with Gasteiger partial charge in [0.05, 0.1) is 6.10 Å². The Bertz CT molecular complexity index is 610. The van der Waals surface area contributed by atoms with Crippen molar-refractivity contribution >= 4 is 5.95 Å². The van der Waals surface area contributed by atoms with Crippen LogP contribution < -0.4 is 17.2 Å². The molecule has 0 bridgehead atoms. The van der Waals surface area contributed by atoms with Crippen LogP contribution in [0.2, 0.25) is 0 Å². The summed E-state index contributed by atoms with van der Waals surface area (Å²) in [6.07, 6.45) is 1.79. The van der Waals surface area contributed by atoms with E-state index in [2.05, 4.69) is 15.9 Å². The van der Waals surface area contributed by atoms with Crippen LogP contribution in [0.25, 0.3) is 0 Å². The van der Waals surface area contributed by atoms with Crippen LogP contribution in [0.5, 0.6) is 0 Å². The van der Waals surface area contributed by atoms with Crippen molar-refractivity contribution in [1.82, 2.24) is 14.5 Å². The van der Waals surface area contributed by atoms with E-state index in [1.807, 2.05) is 0 Å². The van der Waals surface area contributed by atoms with Gasteiger partial charge in [-0.2, -0.15) is 4.98 Å². The molecule has 0 amide bonds. The van der Waals surface area contributed by atoms with Crippen molar-refractivity contribution in [3.8, 4) is 12.3 Å². The second kappa shape index (κ2) is 4.84. The van der Waals surface area contributed by atoms with Gasteiger partial charge < -0.3 is 26.4 Å². The Morgan fingerprint density at radius 1 is 1.70 bits per heavy atom. The smallest absolute Gasteiger partial charge is 0.354 e. The molecular formula is C11H15N5O4. The summed E-state index contributed by atoms with van der Waals surface area (Å²) in [7, 11) is 0. The van der Waals surface area contributed by atoms with Crippen molar-refractivity contribution in [3.63, 3.8) is 0 Å². The average Bonchev–Trinajstić information content (AvgIpc) is 2.64. The Labute approximate surface area is 114 Å². The van der Waals surface area contributed by atoms with Crippen LogP contribution in [0.1, 0.15) is 13.2 Å². The van der Waals surface area contributed by atoms with Gasteiger partial charge >= 0.3 is 5.69 Å². The van der Waals surface area contributed by atoms with Gasteiger partial charge in [-0.3, -0.25) is 4.57 Å². The Kier molecular flexibility index (Phi) is 3.49. The summed E-state index contributed by atoms with van der Waals surface area (Å²) >= 11 is 0. The molecule has 9 heteroatoms. The van der Waals surface area contributed by atoms with Crippen LogP contribution in [0.4, 0.5) is 5.95 Å². The van der Waals surface area contributed by atoms with Crippen molar-refractivity contribution in [2.45, 2.75) is 37.0 Å². The van der Waals surface area contributed by atoms with E-state index in [4.69, 9.17) is 22.6 Å². The number of nitrogens with two attached hydrogens (primary N) is 2. The first-order chi connectivity index (χ1) is 9.31. The van der Waals surface area contributed by atoms with E-state index in [0.29, 0.717) is 0 Å². The maximum Gasteiger partial charge on any atom is 0.354 e. The Balaban J connectivity index is 2.50. The van der Waals surface area contributed by atoms with Crippen LogP contribution in [0.15, 0.2) is 11.1 Å². The third kappa shape index (κ3) is 2.04. The van der Waals surface area contributed by atoms with Gasteiger partial charge in [0.15, 0.2) is 11.8 Å². The highest BCUT2D eigenvalue weighted by atomic mass is 16.5. The number of terminal acetylenes is 1. The number of ether oxygens (including phenoxy) is 1. The van der Waals surface area contributed by atoms with E-state index in [9.17, 15) is 15.0 Å². The molecule has 0 spiro atoms. The topological polar surface area (TPSA) is 150 Å². The molecule has 1 unspecified atom stereocenters. The highest BCUT2D eigenvalue weighted by molar-refractivity contribution is 5.23. The number of hydrogen-bond acceptors (Lipinski definition) is 8. The monoisotopic (exact) mass is 281 g/mol. The molecule has 1 saturated heterocycles. The van der Waals surface area contributed by atoms with Crippen LogP contribution in [0, 0.1) is 12.3 Å². The quantitative estimate of drug-likeness (QED) is 0.424. The maximum absolute atomic E-state index is 11.8. The molecule has 6 N–H and O–H groups in total. The van der Waals surface area contributed by atoms with Gasteiger partial charge in [0.2, 0.25) is 5.95 Å². The predicted octanol–water partition coefficient (Wildman–Crippen LogP) is -2.81. The van der Waals surface area contributed by atoms with Crippen molar-refractivity contribution in [2.75, 3.05) is 5.73 Å². The van der Waals surface area contributed by atoms with Gasteiger partial charge in [-0.1, -0.05) is 5.92 Å². The normalized spacial score (nSPS) is 34.6. The molecule has 1 aliphatic rings. The first kappa shape index (κ1) is 14.4. The number of hydrogen-bond donors (Lipinski definition) is 4. The molecule has 0 saturated carbocycles. The number of nitrogens with zero attached hydrogens (tertiary/aromatic N) is 3. The molecule has 9 nitrogen and oxygen atoms in total. The van der Waals surface area contributed by atoms with Crippen LogP contribution in [-0.4, -0.2) is 48.6 Å². The number of nitrogen functional groups attached to an aromatic ring is 1. The molecule has 5 atom stereocenters. The molecule has 20 heavy (non-hydrogen) atoms. The van der Waals surface area contributed by atoms with Gasteiger partial charge in [0, 0.05) is 0 Å². The van der Waals surface area contributed by atoms with Crippen molar-refractivity contribution in [2.24, 2.45) is 5.73 Å². The zero-order valence-corrected chi connectivity index (χ0v) is 10.7. The lowest BCUT2D eigenvalue weighted by atomic mass is 9.90. The molecular weight excluding hydrogens is 266 g/mol. The van der Waals surface area contributed by atoms with Crippen molar-refractivity contribution in [1.29, 1.82) is 0 Å². The average molecular weight is 281 g/mol. The minimum absolute atomic E-state index is 0.208. The standard InChI is InChI=1S/C11H15N5O4/c1-3-11(13)7(18)6(5(2)17)20-8(11)16-4-14-9(12)15-10(16)19/h1,4-8,17-18H,13H2,2H3,(H2,12,15,19)/t5-,6+,7-,8+,11?/m0/s1. The van der Waals surface area contributed by atoms with Gasteiger partial charge in [-0.15, -0.1) is 6.42 Å². The van der Waals surface area contributed by atoms with E-state index in [0.717, 1.165) is 10.9 Å². The van der Waals surface area contributed by atoms with E-state index < -0.39 is 35.8 Å². The summed E-state index contributed by atoms with van der Waals surface area (Å²) in [4.78, 5) is 18.9. The predicted molar refractivity (Wildman–Crippen MR) is 68.1 cm³/mol. The third-order valence-corrected chi connectivity index (χ3v) is 3.22. The number of aromatic nitrogens is 3. The zero-order valence-electron chi connectivity index (χ0n) is 10.7. The molecule has 0 aromatic carbocycles. The second-order valence-electron chi connectivity index (χ2n) is 4.62. The number of rotatable bonds is 2. The summed E-state index contributed by atoms with van der Waals surface area (Å²) < 4.78 is 6.36. The Morgan fingerprint density at radius 3 is 2.85 bits per heavy atom. The molecule has 2 rings (SSSR count). The second-order valence-corrected chi connectivity index (χ2v) is 4.62. The minimum Gasteiger partial charge on any atom is -0.391 e. The molecule has 2 heterocycles. The summed E-state index contributed by atoms with van der Waals surface area (Å²) in [5.41, 5.74) is 8.76. The Hall–Kier alpha value is -1.99. The van der Waals surface area contributed by atoms with E-state index >= 15 is 0 Å². The van der Waals surface area contributed by atoms with Gasteiger partial charge in [-0.05, 0) is 6.92 Å². The third-order valence-electron chi connectivity index (χ3n) is 3.22. The van der Waals surface area contributed by atoms with Gasteiger partial charge in [-0.25, -0.2) is 9.78 Å². The first-order valence-electron chi connectivity index (χ1n) is 5.80. The molecule has 0 aliphatic carbocycles. The molecule has 1 aromatic rings. The lowest BCUT2D eigenvalue weighted by molar-refractivity contribution is -0.0781.